The van der Waals surface area contributed by atoms with Crippen molar-refractivity contribution in [1.29, 1.82) is 0 Å². The van der Waals surface area contributed by atoms with Crippen LogP contribution < -0.4 is 4.74 Å². The maximum atomic E-state index is 14.0. The van der Waals surface area contributed by atoms with E-state index in [1.165, 1.54) is 6.07 Å². The van der Waals surface area contributed by atoms with E-state index in [4.69, 9.17) is 9.47 Å². The maximum Gasteiger partial charge on any atom is 0.227 e. The number of carbonyl (C=O) groups excluding carboxylic acids is 1. The molecule has 0 saturated carbocycles. The summed E-state index contributed by atoms with van der Waals surface area (Å²) in [5, 5.41) is 9.59. The van der Waals surface area contributed by atoms with Gasteiger partial charge in [-0.3, -0.25) is 9.69 Å². The van der Waals surface area contributed by atoms with E-state index in [1.54, 1.807) is 17.0 Å². The van der Waals surface area contributed by atoms with E-state index in [0.717, 1.165) is 43.9 Å². The average Bonchev–Trinajstić information content (AvgIpc) is 3.04. The largest absolute Gasteiger partial charge is 0.493 e. The predicted octanol–water partition coefficient (Wildman–Crippen LogP) is 1.44. The number of rotatable bonds is 3. The van der Waals surface area contributed by atoms with Gasteiger partial charge in [0.05, 0.1) is 18.6 Å². The summed E-state index contributed by atoms with van der Waals surface area (Å²) in [6.07, 6.45) is 1.64. The van der Waals surface area contributed by atoms with Crippen LogP contribution in [0.25, 0.3) is 0 Å². The van der Waals surface area contributed by atoms with Gasteiger partial charge in [0.15, 0.2) is 0 Å². The lowest BCUT2D eigenvalue weighted by molar-refractivity contribution is -0.147. The van der Waals surface area contributed by atoms with Gasteiger partial charge in [0.1, 0.15) is 11.6 Å². The second kappa shape index (κ2) is 7.28. The lowest BCUT2D eigenvalue weighted by Crippen LogP contribution is -2.56. The lowest BCUT2D eigenvalue weighted by Gasteiger charge is -2.39. The van der Waals surface area contributed by atoms with E-state index in [9.17, 15) is 14.3 Å². The van der Waals surface area contributed by atoms with Gasteiger partial charge in [0.25, 0.3) is 0 Å². The minimum atomic E-state index is -0.406. The molecule has 1 aromatic rings. The van der Waals surface area contributed by atoms with Crippen LogP contribution in [-0.4, -0.2) is 72.9 Å². The summed E-state index contributed by atoms with van der Waals surface area (Å²) in [6, 6.07) is 4.71. The molecule has 28 heavy (non-hydrogen) atoms. The number of β-amino-alcohol motifs (C(OH)–C–C–N with tert-alkyl or cyclic N) is 1. The SMILES string of the molecule is O=C([C@@H]1CN(CC2CCOCC2)[C@H]2c3cc(F)ccc3OC[C@@H]12)N1CC(O)C1. The van der Waals surface area contributed by atoms with Crippen molar-refractivity contribution in [2.24, 2.45) is 17.8 Å². The van der Waals surface area contributed by atoms with Crippen LogP contribution in [0.4, 0.5) is 4.39 Å². The number of benzene rings is 1. The van der Waals surface area contributed by atoms with Crippen molar-refractivity contribution in [3.05, 3.63) is 29.6 Å². The normalized spacial score (nSPS) is 31.1. The highest BCUT2D eigenvalue weighted by Gasteiger charge is 2.51. The van der Waals surface area contributed by atoms with Gasteiger partial charge < -0.3 is 19.5 Å². The first-order valence-electron chi connectivity index (χ1n) is 10.3. The highest BCUT2D eigenvalue weighted by Crippen LogP contribution is 2.48. The summed E-state index contributed by atoms with van der Waals surface area (Å²) in [4.78, 5) is 17.2. The summed E-state index contributed by atoms with van der Waals surface area (Å²) >= 11 is 0. The van der Waals surface area contributed by atoms with E-state index < -0.39 is 6.10 Å². The van der Waals surface area contributed by atoms with Crippen LogP contribution in [0.3, 0.4) is 0 Å². The molecule has 5 rings (SSSR count). The number of amides is 1. The van der Waals surface area contributed by atoms with Crippen molar-refractivity contribution in [2.75, 3.05) is 46.0 Å². The van der Waals surface area contributed by atoms with Gasteiger partial charge in [-0.15, -0.1) is 0 Å². The van der Waals surface area contributed by atoms with E-state index >= 15 is 0 Å². The molecule has 0 spiro atoms. The Kier molecular flexibility index (Phi) is 4.77. The van der Waals surface area contributed by atoms with Crippen LogP contribution in [0, 0.1) is 23.6 Å². The molecule has 0 bridgehead atoms. The third-order valence-electron chi connectivity index (χ3n) is 6.79. The van der Waals surface area contributed by atoms with Crippen molar-refractivity contribution >= 4 is 5.91 Å². The average molecular weight is 390 g/mol. The fourth-order valence-corrected chi connectivity index (χ4v) is 5.27. The Hall–Kier alpha value is -1.70. The molecule has 0 aliphatic carbocycles. The Bertz CT molecular complexity index is 748. The number of likely N-dealkylation sites (tertiary alicyclic amines) is 2. The summed E-state index contributed by atoms with van der Waals surface area (Å²) in [6.45, 7) is 4.44. The Morgan fingerprint density at radius 3 is 2.75 bits per heavy atom. The molecule has 1 N–H and O–H groups in total. The molecular weight excluding hydrogens is 363 g/mol. The van der Waals surface area contributed by atoms with Crippen molar-refractivity contribution < 1.29 is 23.8 Å². The summed E-state index contributed by atoms with van der Waals surface area (Å²) in [5.41, 5.74) is 0.863. The van der Waals surface area contributed by atoms with Crippen LogP contribution >= 0.6 is 0 Å². The molecule has 4 heterocycles. The number of aliphatic hydroxyl groups is 1. The standard InChI is InChI=1S/C21H27FN2O4/c22-14-1-2-19-16(7-14)20-18(12-28-19)17(21(26)24-9-15(25)10-24)11-23(20)8-13-3-5-27-6-4-13/h1-2,7,13,15,17-18,20,25H,3-6,8-12H2/t17-,18+,20+/m1/s1. The first-order chi connectivity index (χ1) is 13.6. The summed E-state index contributed by atoms with van der Waals surface area (Å²) < 4.78 is 25.5. The lowest BCUT2D eigenvalue weighted by atomic mass is 9.84. The van der Waals surface area contributed by atoms with E-state index in [2.05, 4.69) is 4.90 Å². The second-order valence-corrected chi connectivity index (χ2v) is 8.62. The van der Waals surface area contributed by atoms with Gasteiger partial charge in [-0.05, 0) is 37.0 Å². The van der Waals surface area contributed by atoms with Crippen molar-refractivity contribution in [3.63, 3.8) is 0 Å². The fraction of sp³-hybridized carbons (Fsp3) is 0.667. The molecule has 4 aliphatic heterocycles. The third kappa shape index (κ3) is 3.19. The van der Waals surface area contributed by atoms with Crippen molar-refractivity contribution in [2.45, 2.75) is 25.0 Å². The third-order valence-corrected chi connectivity index (χ3v) is 6.79. The molecular formula is C21H27FN2O4. The van der Waals surface area contributed by atoms with Gasteiger partial charge in [0, 0.05) is 56.9 Å². The zero-order chi connectivity index (χ0) is 19.3. The molecule has 4 aliphatic rings. The zero-order valence-corrected chi connectivity index (χ0v) is 15.9. The number of nitrogens with zero attached hydrogens (tertiary/aromatic N) is 2. The number of halogens is 1. The highest BCUT2D eigenvalue weighted by molar-refractivity contribution is 5.81. The molecule has 0 aromatic heterocycles. The molecule has 6 nitrogen and oxygen atoms in total. The number of hydrogen-bond donors (Lipinski definition) is 1. The smallest absolute Gasteiger partial charge is 0.227 e. The number of fused-ring (bicyclic) bond motifs is 3. The first-order valence-corrected chi connectivity index (χ1v) is 10.3. The number of hydrogen-bond acceptors (Lipinski definition) is 5. The molecule has 0 unspecified atom stereocenters. The molecule has 7 heteroatoms. The van der Waals surface area contributed by atoms with Crippen molar-refractivity contribution in [1.82, 2.24) is 9.80 Å². The summed E-state index contributed by atoms with van der Waals surface area (Å²) in [7, 11) is 0. The molecule has 1 aromatic carbocycles. The van der Waals surface area contributed by atoms with Gasteiger partial charge in [-0.25, -0.2) is 4.39 Å². The molecule has 152 valence electrons. The highest BCUT2D eigenvalue weighted by atomic mass is 19.1. The molecule has 3 atom stereocenters. The molecule has 0 radical (unpaired) electrons. The minimum absolute atomic E-state index is 0.00226. The van der Waals surface area contributed by atoms with E-state index in [1.807, 2.05) is 0 Å². The Morgan fingerprint density at radius 2 is 2.00 bits per heavy atom. The van der Waals surface area contributed by atoms with Crippen molar-refractivity contribution in [3.8, 4) is 5.75 Å². The van der Waals surface area contributed by atoms with Crippen LogP contribution in [0.5, 0.6) is 5.75 Å². The number of aliphatic hydroxyl groups excluding tert-OH is 1. The van der Waals surface area contributed by atoms with Crippen LogP contribution in [0.2, 0.25) is 0 Å². The van der Waals surface area contributed by atoms with Crippen LogP contribution in [0.15, 0.2) is 18.2 Å². The Morgan fingerprint density at radius 1 is 1.21 bits per heavy atom. The predicted molar refractivity (Wildman–Crippen MR) is 99.3 cm³/mol. The van der Waals surface area contributed by atoms with E-state index in [-0.39, 0.29) is 29.6 Å². The second-order valence-electron chi connectivity index (χ2n) is 8.62. The number of ether oxygens (including phenoxy) is 2. The van der Waals surface area contributed by atoms with Crippen LogP contribution in [0.1, 0.15) is 24.4 Å². The monoisotopic (exact) mass is 390 g/mol. The van der Waals surface area contributed by atoms with E-state index in [0.29, 0.717) is 32.2 Å². The first kappa shape index (κ1) is 18.3. The molecule has 3 fully saturated rings. The van der Waals surface area contributed by atoms with Gasteiger partial charge in [-0.1, -0.05) is 0 Å². The topological polar surface area (TPSA) is 62.2 Å². The minimum Gasteiger partial charge on any atom is -0.493 e. The fourth-order valence-electron chi connectivity index (χ4n) is 5.27. The van der Waals surface area contributed by atoms with Crippen LogP contribution in [-0.2, 0) is 9.53 Å². The van der Waals surface area contributed by atoms with Gasteiger partial charge in [-0.2, -0.15) is 0 Å². The number of carbonyl (C=O) groups is 1. The van der Waals surface area contributed by atoms with Gasteiger partial charge in [0.2, 0.25) is 5.91 Å². The summed E-state index contributed by atoms with van der Waals surface area (Å²) in [5.74, 6) is 0.932. The molecule has 1 amide bonds. The zero-order valence-electron chi connectivity index (χ0n) is 15.9. The molecule has 3 saturated heterocycles. The Labute approximate surface area is 164 Å². The quantitative estimate of drug-likeness (QED) is 0.846. The van der Waals surface area contributed by atoms with Gasteiger partial charge >= 0.3 is 0 Å². The maximum absolute atomic E-state index is 14.0. The Balaban J connectivity index is 1.43.